The monoisotopic (exact) mass is 297 g/mol. The lowest BCUT2D eigenvalue weighted by Crippen LogP contribution is -2.58. The van der Waals surface area contributed by atoms with Crippen LogP contribution in [-0.2, 0) is 6.42 Å². The van der Waals surface area contributed by atoms with E-state index < -0.39 is 0 Å². The Morgan fingerprint density at radius 3 is 2.86 bits per heavy atom. The predicted octanol–water partition coefficient (Wildman–Crippen LogP) is 1.05. The first-order chi connectivity index (χ1) is 10.8. The smallest absolute Gasteiger partial charge is 0.255 e. The van der Waals surface area contributed by atoms with E-state index in [4.69, 9.17) is 0 Å². The van der Waals surface area contributed by atoms with Crippen molar-refractivity contribution in [3.63, 3.8) is 0 Å². The lowest BCUT2D eigenvalue weighted by atomic mass is 9.83. The average Bonchev–Trinajstić information content (AvgIpc) is 2.93. The summed E-state index contributed by atoms with van der Waals surface area (Å²) >= 11 is 0. The Morgan fingerprint density at radius 1 is 1.23 bits per heavy atom. The van der Waals surface area contributed by atoms with E-state index in [9.17, 15) is 4.79 Å². The quantitative estimate of drug-likeness (QED) is 0.854. The molecule has 1 amide bonds. The minimum Gasteiger partial charge on any atom is -0.334 e. The first-order valence-electron chi connectivity index (χ1n) is 8.16. The van der Waals surface area contributed by atoms with Gasteiger partial charge < -0.3 is 9.80 Å². The molecule has 2 aromatic heterocycles. The second kappa shape index (κ2) is 4.52. The van der Waals surface area contributed by atoms with Gasteiger partial charge in [0.2, 0.25) is 0 Å². The fourth-order valence-electron chi connectivity index (χ4n) is 4.46. The molecule has 6 nitrogen and oxygen atoms in total. The van der Waals surface area contributed by atoms with Gasteiger partial charge in [0.05, 0.1) is 16.6 Å². The van der Waals surface area contributed by atoms with Crippen LogP contribution in [0.5, 0.6) is 0 Å². The molecule has 6 heteroatoms. The average molecular weight is 297 g/mol. The molecule has 3 saturated heterocycles. The Morgan fingerprint density at radius 2 is 2.09 bits per heavy atom. The number of nitrogens with zero attached hydrogens (tertiary/aromatic N) is 4. The Kier molecular flexibility index (Phi) is 2.59. The number of pyridine rings is 1. The summed E-state index contributed by atoms with van der Waals surface area (Å²) in [5.74, 6) is 0.824. The highest BCUT2D eigenvalue weighted by molar-refractivity contribution is 6.07. The predicted molar refractivity (Wildman–Crippen MR) is 81.6 cm³/mol. The van der Waals surface area contributed by atoms with Gasteiger partial charge in [-0.3, -0.25) is 9.89 Å². The second-order valence-corrected chi connectivity index (χ2v) is 6.71. The van der Waals surface area contributed by atoms with E-state index in [2.05, 4.69) is 25.0 Å². The Labute approximate surface area is 128 Å². The van der Waals surface area contributed by atoms with E-state index in [0.29, 0.717) is 12.0 Å². The molecule has 0 spiro atoms. The number of carbonyl (C=O) groups is 1. The summed E-state index contributed by atoms with van der Waals surface area (Å²) in [6.45, 7) is 4.20. The van der Waals surface area contributed by atoms with Crippen molar-refractivity contribution < 1.29 is 4.79 Å². The zero-order valence-corrected chi connectivity index (χ0v) is 12.5. The molecule has 0 saturated carbocycles. The van der Waals surface area contributed by atoms with Gasteiger partial charge in [-0.15, -0.1) is 0 Å². The van der Waals surface area contributed by atoms with Crippen LogP contribution in [0, 0.1) is 5.92 Å². The highest BCUT2D eigenvalue weighted by Crippen LogP contribution is 2.34. The number of carbonyl (C=O) groups excluding carboxylic acids is 1. The third-order valence-corrected chi connectivity index (χ3v) is 5.64. The van der Waals surface area contributed by atoms with E-state index in [-0.39, 0.29) is 5.91 Å². The van der Waals surface area contributed by atoms with Crippen molar-refractivity contribution in [2.75, 3.05) is 26.2 Å². The maximum Gasteiger partial charge on any atom is 0.255 e. The molecule has 4 aliphatic rings. The molecule has 22 heavy (non-hydrogen) atoms. The summed E-state index contributed by atoms with van der Waals surface area (Å²) in [6, 6.07) is 2.22. The Hall–Kier alpha value is -1.95. The van der Waals surface area contributed by atoms with Crippen LogP contribution in [0.1, 0.15) is 28.9 Å². The summed E-state index contributed by atoms with van der Waals surface area (Å²) in [6.07, 6.45) is 4.97. The SMILES string of the molecule is O=C1c2ccnc3[nH]nc(c23)CCN1C1CN2CCC1CC2. The second-order valence-electron chi connectivity index (χ2n) is 6.71. The zero-order valence-electron chi connectivity index (χ0n) is 12.5. The molecule has 6 rings (SSSR count). The van der Waals surface area contributed by atoms with Gasteiger partial charge in [0.15, 0.2) is 5.65 Å². The van der Waals surface area contributed by atoms with Crippen molar-refractivity contribution in [2.45, 2.75) is 25.3 Å². The number of rotatable bonds is 1. The van der Waals surface area contributed by atoms with Crippen LogP contribution >= 0.6 is 0 Å². The van der Waals surface area contributed by atoms with E-state index in [0.717, 1.165) is 41.8 Å². The minimum absolute atomic E-state index is 0.159. The molecule has 0 radical (unpaired) electrons. The van der Waals surface area contributed by atoms with E-state index in [1.54, 1.807) is 6.20 Å². The molecule has 0 aromatic carbocycles. The zero-order chi connectivity index (χ0) is 14.7. The number of hydrogen-bond donors (Lipinski definition) is 1. The van der Waals surface area contributed by atoms with Gasteiger partial charge >= 0.3 is 0 Å². The Balaban J connectivity index is 1.56. The molecule has 2 bridgehead atoms. The van der Waals surface area contributed by atoms with Crippen molar-refractivity contribution in [3.8, 4) is 0 Å². The molecule has 0 aliphatic carbocycles. The van der Waals surface area contributed by atoms with Crippen LogP contribution in [0.15, 0.2) is 12.3 Å². The van der Waals surface area contributed by atoms with E-state index in [1.165, 1.54) is 25.9 Å². The maximum atomic E-state index is 13.1. The van der Waals surface area contributed by atoms with Crippen molar-refractivity contribution in [3.05, 3.63) is 23.5 Å². The summed E-state index contributed by atoms with van der Waals surface area (Å²) < 4.78 is 0. The largest absolute Gasteiger partial charge is 0.334 e. The van der Waals surface area contributed by atoms with Crippen LogP contribution in [0.25, 0.3) is 11.0 Å². The number of hydrogen-bond acceptors (Lipinski definition) is 4. The van der Waals surface area contributed by atoms with Gasteiger partial charge in [0, 0.05) is 31.7 Å². The topological polar surface area (TPSA) is 65.1 Å². The molecule has 6 heterocycles. The van der Waals surface area contributed by atoms with Crippen molar-refractivity contribution in [2.24, 2.45) is 5.92 Å². The van der Waals surface area contributed by atoms with Crippen molar-refractivity contribution >= 4 is 16.9 Å². The van der Waals surface area contributed by atoms with Crippen LogP contribution < -0.4 is 0 Å². The van der Waals surface area contributed by atoms with Crippen molar-refractivity contribution in [1.82, 2.24) is 25.0 Å². The van der Waals surface area contributed by atoms with Gasteiger partial charge in [-0.05, 0) is 37.9 Å². The number of nitrogens with one attached hydrogen (secondary N) is 1. The number of piperidine rings is 3. The Bertz CT molecular complexity index is 746. The van der Waals surface area contributed by atoms with Crippen LogP contribution in [0.3, 0.4) is 0 Å². The molecule has 1 N–H and O–H groups in total. The normalized spacial score (nSPS) is 30.8. The fraction of sp³-hybridized carbons (Fsp3) is 0.562. The van der Waals surface area contributed by atoms with Crippen LogP contribution in [0.4, 0.5) is 0 Å². The van der Waals surface area contributed by atoms with E-state index in [1.807, 2.05) is 6.07 Å². The van der Waals surface area contributed by atoms with Crippen LogP contribution in [0.2, 0.25) is 0 Å². The molecule has 4 aliphatic heterocycles. The van der Waals surface area contributed by atoms with Gasteiger partial charge in [-0.1, -0.05) is 0 Å². The number of aromatic amines is 1. The summed E-state index contributed by atoms with van der Waals surface area (Å²) in [5.41, 5.74) is 2.48. The highest BCUT2D eigenvalue weighted by atomic mass is 16.2. The number of aromatic nitrogens is 3. The van der Waals surface area contributed by atoms with Gasteiger partial charge in [-0.25, -0.2) is 4.98 Å². The summed E-state index contributed by atoms with van der Waals surface area (Å²) in [4.78, 5) is 22.1. The fourth-order valence-corrected chi connectivity index (χ4v) is 4.46. The standard InChI is InChI=1S/C16H19N5O/c22-16-11-1-5-17-15-14(11)12(18-19-15)4-8-21(16)13-9-20-6-2-10(13)3-7-20/h1,5,10,13H,2-4,6-9H2,(H,17,18,19). The van der Waals surface area contributed by atoms with Gasteiger partial charge in [0.1, 0.15) is 0 Å². The summed E-state index contributed by atoms with van der Waals surface area (Å²) in [7, 11) is 0. The lowest BCUT2D eigenvalue weighted by molar-refractivity contribution is 0.00821. The number of amides is 1. The molecule has 1 atom stereocenters. The maximum absolute atomic E-state index is 13.1. The molecule has 3 fully saturated rings. The minimum atomic E-state index is 0.159. The molecular weight excluding hydrogens is 278 g/mol. The first kappa shape index (κ1) is 12.6. The highest BCUT2D eigenvalue weighted by Gasteiger charge is 2.40. The van der Waals surface area contributed by atoms with E-state index >= 15 is 0 Å². The van der Waals surface area contributed by atoms with Gasteiger partial charge in [-0.2, -0.15) is 5.10 Å². The third-order valence-electron chi connectivity index (χ3n) is 5.64. The molecular formula is C16H19N5O. The number of H-pyrrole nitrogens is 1. The molecule has 114 valence electrons. The lowest BCUT2D eigenvalue weighted by Gasteiger charge is -2.49. The summed E-state index contributed by atoms with van der Waals surface area (Å²) in [5, 5.41) is 8.25. The first-order valence-corrected chi connectivity index (χ1v) is 8.16. The number of fused-ring (bicyclic) bond motifs is 3. The third kappa shape index (κ3) is 1.67. The molecule has 1 unspecified atom stereocenters. The van der Waals surface area contributed by atoms with Crippen LogP contribution in [-0.4, -0.2) is 63.1 Å². The van der Waals surface area contributed by atoms with Gasteiger partial charge in [0.25, 0.3) is 5.91 Å². The molecule has 2 aromatic rings. The van der Waals surface area contributed by atoms with Crippen molar-refractivity contribution in [1.29, 1.82) is 0 Å².